The first-order valence-corrected chi connectivity index (χ1v) is 7.78. The normalized spacial score (nSPS) is 15.0. The molecule has 0 bridgehead atoms. The van der Waals surface area contributed by atoms with Gasteiger partial charge in [0.25, 0.3) is 0 Å². The lowest BCUT2D eigenvalue weighted by molar-refractivity contribution is 0.866. The van der Waals surface area contributed by atoms with E-state index in [1.54, 1.807) is 0 Å². The Morgan fingerprint density at radius 3 is 2.29 bits per heavy atom. The van der Waals surface area contributed by atoms with E-state index in [0.29, 0.717) is 17.7 Å². The predicted molar refractivity (Wildman–Crippen MR) is 85.8 cm³/mol. The van der Waals surface area contributed by atoms with Gasteiger partial charge >= 0.3 is 0 Å². The Bertz CT molecular complexity index is 619. The van der Waals surface area contributed by atoms with Gasteiger partial charge in [0.2, 0.25) is 11.2 Å². The van der Waals surface area contributed by atoms with Gasteiger partial charge in [0.15, 0.2) is 5.82 Å². The second kappa shape index (κ2) is 5.98. The molecule has 2 heterocycles. The molecule has 5 heteroatoms. The van der Waals surface area contributed by atoms with Crippen LogP contribution in [0, 0.1) is 0 Å². The summed E-state index contributed by atoms with van der Waals surface area (Å²) in [5.74, 6) is 1.85. The fraction of sp³-hybridized carbons (Fsp3) is 0.438. The second-order valence-electron chi connectivity index (χ2n) is 5.70. The van der Waals surface area contributed by atoms with Crippen LogP contribution in [0.5, 0.6) is 0 Å². The van der Waals surface area contributed by atoms with Crippen LogP contribution in [-0.2, 0) is 0 Å². The van der Waals surface area contributed by atoms with Gasteiger partial charge in [-0.15, -0.1) is 0 Å². The van der Waals surface area contributed by atoms with Crippen LogP contribution in [0.2, 0.25) is 5.28 Å². The lowest BCUT2D eigenvalue weighted by Crippen LogP contribution is -2.21. The van der Waals surface area contributed by atoms with Crippen LogP contribution in [-0.4, -0.2) is 28.0 Å². The van der Waals surface area contributed by atoms with Crippen molar-refractivity contribution in [3.63, 3.8) is 0 Å². The summed E-state index contributed by atoms with van der Waals surface area (Å²) in [6.45, 7) is 6.35. The van der Waals surface area contributed by atoms with Crippen LogP contribution in [0.15, 0.2) is 24.3 Å². The molecule has 110 valence electrons. The van der Waals surface area contributed by atoms with E-state index in [0.717, 1.165) is 18.7 Å². The first-order valence-electron chi connectivity index (χ1n) is 7.40. The molecule has 1 fully saturated rings. The number of anilines is 1. The quantitative estimate of drug-likeness (QED) is 0.862. The average Bonchev–Trinajstić information content (AvgIpc) is 3.01. The number of hydrogen-bond donors (Lipinski definition) is 0. The maximum Gasteiger partial charge on any atom is 0.230 e. The standard InChI is InChI=1S/C16H19ClN4/c1-11(2)12-5-7-13(8-6-12)14-18-15(17)20-16(19-14)21-9-3-4-10-21/h5-8,11H,3-4,9-10H2,1-2H3. The second-order valence-corrected chi connectivity index (χ2v) is 6.04. The summed E-state index contributed by atoms with van der Waals surface area (Å²) in [6.07, 6.45) is 2.36. The van der Waals surface area contributed by atoms with Crippen molar-refractivity contribution in [3.8, 4) is 11.4 Å². The first-order chi connectivity index (χ1) is 10.1. The highest BCUT2D eigenvalue weighted by atomic mass is 35.5. The van der Waals surface area contributed by atoms with Crippen LogP contribution >= 0.6 is 11.6 Å². The van der Waals surface area contributed by atoms with Crippen LogP contribution in [0.25, 0.3) is 11.4 Å². The molecule has 1 aromatic carbocycles. The maximum absolute atomic E-state index is 6.07. The summed E-state index contributed by atoms with van der Waals surface area (Å²) in [6, 6.07) is 8.34. The lowest BCUT2D eigenvalue weighted by Gasteiger charge is -2.15. The minimum Gasteiger partial charge on any atom is -0.341 e. The van der Waals surface area contributed by atoms with Crippen molar-refractivity contribution in [1.29, 1.82) is 0 Å². The van der Waals surface area contributed by atoms with Gasteiger partial charge in [0.05, 0.1) is 0 Å². The topological polar surface area (TPSA) is 41.9 Å². The van der Waals surface area contributed by atoms with E-state index < -0.39 is 0 Å². The number of benzene rings is 1. The van der Waals surface area contributed by atoms with E-state index >= 15 is 0 Å². The highest BCUT2D eigenvalue weighted by Gasteiger charge is 2.17. The van der Waals surface area contributed by atoms with Gasteiger partial charge in [0.1, 0.15) is 0 Å². The smallest absolute Gasteiger partial charge is 0.230 e. The van der Waals surface area contributed by atoms with Gasteiger partial charge in [-0.05, 0) is 35.9 Å². The Morgan fingerprint density at radius 2 is 1.67 bits per heavy atom. The van der Waals surface area contributed by atoms with E-state index in [-0.39, 0.29) is 5.28 Å². The van der Waals surface area contributed by atoms with Gasteiger partial charge < -0.3 is 4.90 Å². The van der Waals surface area contributed by atoms with Crippen LogP contribution in [0.3, 0.4) is 0 Å². The zero-order chi connectivity index (χ0) is 14.8. The zero-order valence-electron chi connectivity index (χ0n) is 12.4. The molecule has 0 radical (unpaired) electrons. The molecule has 0 N–H and O–H groups in total. The molecule has 0 spiro atoms. The molecule has 4 nitrogen and oxygen atoms in total. The van der Waals surface area contributed by atoms with Crippen molar-refractivity contribution < 1.29 is 0 Å². The largest absolute Gasteiger partial charge is 0.341 e. The van der Waals surface area contributed by atoms with Crippen LogP contribution in [0.1, 0.15) is 38.2 Å². The molecule has 1 aliphatic heterocycles. The van der Waals surface area contributed by atoms with Gasteiger partial charge in [-0.3, -0.25) is 0 Å². The van der Waals surface area contributed by atoms with Gasteiger partial charge in [-0.1, -0.05) is 38.1 Å². The third kappa shape index (κ3) is 3.16. The maximum atomic E-state index is 6.07. The number of halogens is 1. The van der Waals surface area contributed by atoms with E-state index in [9.17, 15) is 0 Å². The summed E-state index contributed by atoms with van der Waals surface area (Å²) in [5, 5.41) is 0.259. The van der Waals surface area contributed by atoms with Gasteiger partial charge in [-0.25, -0.2) is 0 Å². The molecule has 0 saturated carbocycles. The van der Waals surface area contributed by atoms with Crippen molar-refractivity contribution >= 4 is 17.5 Å². The highest BCUT2D eigenvalue weighted by Crippen LogP contribution is 2.24. The minimum atomic E-state index is 0.259. The van der Waals surface area contributed by atoms with Crippen molar-refractivity contribution in [3.05, 3.63) is 35.1 Å². The van der Waals surface area contributed by atoms with Crippen molar-refractivity contribution in [2.45, 2.75) is 32.6 Å². The third-order valence-corrected chi connectivity index (χ3v) is 3.99. The number of aromatic nitrogens is 3. The van der Waals surface area contributed by atoms with Gasteiger partial charge in [-0.2, -0.15) is 15.0 Å². The van der Waals surface area contributed by atoms with Gasteiger partial charge in [0, 0.05) is 18.7 Å². The molecule has 1 aliphatic rings. The number of rotatable bonds is 3. The summed E-state index contributed by atoms with van der Waals surface area (Å²) in [4.78, 5) is 15.3. The van der Waals surface area contributed by atoms with Crippen molar-refractivity contribution in [2.75, 3.05) is 18.0 Å². The molecular formula is C16H19ClN4. The molecule has 1 aromatic heterocycles. The summed E-state index contributed by atoms with van der Waals surface area (Å²) >= 11 is 6.07. The number of hydrogen-bond acceptors (Lipinski definition) is 4. The first kappa shape index (κ1) is 14.3. The Kier molecular flexibility index (Phi) is 4.06. The zero-order valence-corrected chi connectivity index (χ0v) is 13.1. The molecule has 21 heavy (non-hydrogen) atoms. The molecule has 0 amide bonds. The lowest BCUT2D eigenvalue weighted by atomic mass is 10.0. The van der Waals surface area contributed by atoms with E-state index in [1.807, 2.05) is 0 Å². The van der Waals surface area contributed by atoms with Crippen LogP contribution < -0.4 is 4.90 Å². The Morgan fingerprint density at radius 1 is 1.00 bits per heavy atom. The highest BCUT2D eigenvalue weighted by molar-refractivity contribution is 6.28. The van der Waals surface area contributed by atoms with Crippen molar-refractivity contribution in [2.24, 2.45) is 0 Å². The fourth-order valence-corrected chi connectivity index (χ4v) is 2.70. The molecule has 0 aliphatic carbocycles. The Hall–Kier alpha value is -1.68. The molecule has 2 aromatic rings. The number of nitrogens with zero attached hydrogens (tertiary/aromatic N) is 4. The molecule has 3 rings (SSSR count). The summed E-state index contributed by atoms with van der Waals surface area (Å²) in [5.41, 5.74) is 2.28. The van der Waals surface area contributed by atoms with E-state index in [2.05, 4.69) is 58.0 Å². The van der Waals surface area contributed by atoms with E-state index in [4.69, 9.17) is 11.6 Å². The summed E-state index contributed by atoms with van der Waals surface area (Å²) in [7, 11) is 0. The van der Waals surface area contributed by atoms with Crippen LogP contribution in [0.4, 0.5) is 5.95 Å². The average molecular weight is 303 g/mol. The van der Waals surface area contributed by atoms with E-state index in [1.165, 1.54) is 18.4 Å². The Labute approximate surface area is 130 Å². The summed E-state index contributed by atoms with van der Waals surface area (Å²) < 4.78 is 0. The Balaban J connectivity index is 1.93. The third-order valence-electron chi connectivity index (χ3n) is 3.82. The fourth-order valence-electron chi connectivity index (χ4n) is 2.54. The minimum absolute atomic E-state index is 0.259. The molecule has 1 saturated heterocycles. The molecular weight excluding hydrogens is 284 g/mol. The molecule has 0 atom stereocenters. The monoisotopic (exact) mass is 302 g/mol. The SMILES string of the molecule is CC(C)c1ccc(-c2nc(Cl)nc(N3CCCC3)n2)cc1. The molecule has 0 unspecified atom stereocenters. The predicted octanol–water partition coefficient (Wildman–Crippen LogP) is 3.92. The van der Waals surface area contributed by atoms with Crippen molar-refractivity contribution in [1.82, 2.24) is 15.0 Å².